The van der Waals surface area contributed by atoms with Crippen molar-refractivity contribution in [1.82, 2.24) is 10.2 Å². The summed E-state index contributed by atoms with van der Waals surface area (Å²) in [5.74, 6) is 0. The molecule has 64 valence electrons. The van der Waals surface area contributed by atoms with E-state index < -0.39 is 0 Å². The van der Waals surface area contributed by atoms with Crippen LogP contribution in [0.2, 0.25) is 0 Å². The number of likely N-dealkylation sites (tertiary alicyclic amines) is 1. The van der Waals surface area contributed by atoms with Crippen molar-refractivity contribution in [3.8, 4) is 0 Å². The standard InChI is InChI=1S/C8H16N2O/c11-6-5-10-4-2-8(7-10)1-3-9-8/h9,11H,1-7H2/t8-/m0/s1. The fourth-order valence-electron chi connectivity index (χ4n) is 2.12. The van der Waals surface area contributed by atoms with Gasteiger partial charge >= 0.3 is 0 Å². The number of rotatable bonds is 2. The molecule has 0 radical (unpaired) electrons. The third-order valence-electron chi connectivity index (χ3n) is 2.95. The fraction of sp³-hybridized carbons (Fsp3) is 1.00. The van der Waals surface area contributed by atoms with E-state index in [1.165, 1.54) is 19.4 Å². The SMILES string of the molecule is OCCN1CC[C@@]2(CCN2)C1. The van der Waals surface area contributed by atoms with Crippen LogP contribution in [-0.2, 0) is 0 Å². The predicted molar refractivity (Wildman–Crippen MR) is 43.5 cm³/mol. The highest BCUT2D eigenvalue weighted by Gasteiger charge is 2.41. The topological polar surface area (TPSA) is 35.5 Å². The molecule has 0 amide bonds. The number of aliphatic hydroxyl groups excluding tert-OH is 1. The van der Waals surface area contributed by atoms with E-state index >= 15 is 0 Å². The molecule has 2 rings (SSSR count). The average molecular weight is 156 g/mol. The summed E-state index contributed by atoms with van der Waals surface area (Å²) in [5.41, 5.74) is 0.454. The first-order chi connectivity index (χ1) is 5.35. The molecule has 2 fully saturated rings. The Labute approximate surface area is 67.4 Å². The molecule has 2 N–H and O–H groups in total. The normalized spacial score (nSPS) is 37.9. The van der Waals surface area contributed by atoms with Crippen LogP contribution in [0.15, 0.2) is 0 Å². The molecule has 0 bridgehead atoms. The zero-order chi connectivity index (χ0) is 7.73. The number of aliphatic hydroxyl groups is 1. The number of nitrogens with one attached hydrogen (secondary N) is 1. The van der Waals surface area contributed by atoms with E-state index in [0.29, 0.717) is 12.1 Å². The highest BCUT2D eigenvalue weighted by atomic mass is 16.3. The molecule has 11 heavy (non-hydrogen) atoms. The molecule has 1 atom stereocenters. The summed E-state index contributed by atoms with van der Waals surface area (Å²) in [6.45, 7) is 4.65. The summed E-state index contributed by atoms with van der Waals surface area (Å²) in [4.78, 5) is 2.34. The summed E-state index contributed by atoms with van der Waals surface area (Å²) in [5, 5.41) is 12.2. The highest BCUT2D eigenvalue weighted by Crippen LogP contribution is 2.29. The van der Waals surface area contributed by atoms with Crippen LogP contribution in [0.3, 0.4) is 0 Å². The minimum atomic E-state index is 0.302. The summed E-state index contributed by atoms with van der Waals surface area (Å²) < 4.78 is 0. The van der Waals surface area contributed by atoms with Crippen molar-refractivity contribution >= 4 is 0 Å². The van der Waals surface area contributed by atoms with Crippen molar-refractivity contribution in [2.75, 3.05) is 32.8 Å². The summed E-state index contributed by atoms with van der Waals surface area (Å²) in [6.07, 6.45) is 2.60. The second-order valence-electron chi connectivity index (χ2n) is 3.71. The monoisotopic (exact) mass is 156 g/mol. The lowest BCUT2D eigenvalue weighted by Gasteiger charge is -2.40. The molecule has 2 aliphatic heterocycles. The Morgan fingerprint density at radius 2 is 2.27 bits per heavy atom. The van der Waals surface area contributed by atoms with E-state index in [1.54, 1.807) is 0 Å². The molecule has 0 aromatic carbocycles. The van der Waals surface area contributed by atoms with E-state index in [2.05, 4.69) is 10.2 Å². The van der Waals surface area contributed by atoms with Crippen molar-refractivity contribution in [1.29, 1.82) is 0 Å². The largest absolute Gasteiger partial charge is 0.395 e. The molecule has 3 heteroatoms. The molecule has 0 aliphatic carbocycles. The van der Waals surface area contributed by atoms with Gasteiger partial charge in [0.05, 0.1) is 6.61 Å². The molecule has 0 aromatic heterocycles. The maximum Gasteiger partial charge on any atom is 0.0558 e. The van der Waals surface area contributed by atoms with Gasteiger partial charge in [0.1, 0.15) is 0 Å². The highest BCUT2D eigenvalue weighted by molar-refractivity contribution is 5.03. The van der Waals surface area contributed by atoms with Gasteiger partial charge in [-0.3, -0.25) is 4.90 Å². The lowest BCUT2D eigenvalue weighted by molar-refractivity contribution is 0.178. The third kappa shape index (κ3) is 1.28. The van der Waals surface area contributed by atoms with Crippen LogP contribution >= 0.6 is 0 Å². The minimum absolute atomic E-state index is 0.302. The second-order valence-corrected chi connectivity index (χ2v) is 3.71. The summed E-state index contributed by atoms with van der Waals surface area (Å²) >= 11 is 0. The lowest BCUT2D eigenvalue weighted by atomic mass is 9.87. The number of nitrogens with zero attached hydrogens (tertiary/aromatic N) is 1. The Kier molecular flexibility index (Phi) is 1.87. The average Bonchev–Trinajstić information content (AvgIpc) is 2.32. The number of β-amino-alcohol motifs (C(OH)–C–C–N with tert-alkyl or cyclic N) is 1. The van der Waals surface area contributed by atoms with E-state index in [1.807, 2.05) is 0 Å². The van der Waals surface area contributed by atoms with Crippen LogP contribution in [0, 0.1) is 0 Å². The molecule has 0 aromatic rings. The first-order valence-corrected chi connectivity index (χ1v) is 4.43. The van der Waals surface area contributed by atoms with Crippen LogP contribution in [-0.4, -0.2) is 48.3 Å². The van der Waals surface area contributed by atoms with Crippen LogP contribution in [0.5, 0.6) is 0 Å². The fourth-order valence-corrected chi connectivity index (χ4v) is 2.12. The van der Waals surface area contributed by atoms with E-state index in [9.17, 15) is 0 Å². The van der Waals surface area contributed by atoms with Gasteiger partial charge in [-0.05, 0) is 19.4 Å². The maximum absolute atomic E-state index is 8.73. The molecule has 0 saturated carbocycles. The number of hydrogen-bond acceptors (Lipinski definition) is 3. The van der Waals surface area contributed by atoms with Gasteiger partial charge in [-0.15, -0.1) is 0 Å². The van der Waals surface area contributed by atoms with Crippen molar-refractivity contribution in [3.63, 3.8) is 0 Å². The van der Waals surface area contributed by atoms with Gasteiger partial charge in [-0.1, -0.05) is 0 Å². The smallest absolute Gasteiger partial charge is 0.0558 e. The Balaban J connectivity index is 1.83. The van der Waals surface area contributed by atoms with Crippen LogP contribution in [0.25, 0.3) is 0 Å². The molecule has 3 nitrogen and oxygen atoms in total. The van der Waals surface area contributed by atoms with Gasteiger partial charge in [0.15, 0.2) is 0 Å². The maximum atomic E-state index is 8.73. The Morgan fingerprint density at radius 3 is 2.73 bits per heavy atom. The molecule has 2 saturated heterocycles. The van der Waals surface area contributed by atoms with Gasteiger partial charge in [0.2, 0.25) is 0 Å². The van der Waals surface area contributed by atoms with E-state index in [4.69, 9.17) is 5.11 Å². The predicted octanol–water partition coefficient (Wildman–Crippen LogP) is -0.583. The second kappa shape index (κ2) is 2.73. The van der Waals surface area contributed by atoms with Gasteiger partial charge in [-0.2, -0.15) is 0 Å². The third-order valence-corrected chi connectivity index (χ3v) is 2.95. The first kappa shape index (κ1) is 7.53. The summed E-state index contributed by atoms with van der Waals surface area (Å²) in [6, 6.07) is 0. The van der Waals surface area contributed by atoms with Gasteiger partial charge in [0, 0.05) is 25.2 Å². The Hall–Kier alpha value is -0.120. The molecular formula is C8H16N2O. The van der Waals surface area contributed by atoms with Crippen LogP contribution < -0.4 is 5.32 Å². The van der Waals surface area contributed by atoms with Gasteiger partial charge in [-0.25, -0.2) is 0 Å². The number of hydrogen-bond donors (Lipinski definition) is 2. The zero-order valence-corrected chi connectivity index (χ0v) is 6.84. The van der Waals surface area contributed by atoms with E-state index in [0.717, 1.165) is 19.6 Å². The lowest BCUT2D eigenvalue weighted by Crippen LogP contribution is -2.58. The quantitative estimate of drug-likeness (QED) is 0.561. The molecule has 0 unspecified atom stereocenters. The van der Waals surface area contributed by atoms with Crippen molar-refractivity contribution in [2.45, 2.75) is 18.4 Å². The van der Waals surface area contributed by atoms with Gasteiger partial charge < -0.3 is 10.4 Å². The molecule has 2 aliphatic rings. The van der Waals surface area contributed by atoms with Crippen molar-refractivity contribution in [2.24, 2.45) is 0 Å². The van der Waals surface area contributed by atoms with Gasteiger partial charge in [0.25, 0.3) is 0 Å². The molecular weight excluding hydrogens is 140 g/mol. The summed E-state index contributed by atoms with van der Waals surface area (Å²) in [7, 11) is 0. The molecule has 2 heterocycles. The Morgan fingerprint density at radius 1 is 1.45 bits per heavy atom. The Bertz CT molecular complexity index is 145. The van der Waals surface area contributed by atoms with E-state index in [-0.39, 0.29) is 0 Å². The van der Waals surface area contributed by atoms with Crippen molar-refractivity contribution < 1.29 is 5.11 Å². The molecule has 1 spiro atoms. The van der Waals surface area contributed by atoms with Crippen LogP contribution in [0.4, 0.5) is 0 Å². The minimum Gasteiger partial charge on any atom is -0.395 e. The van der Waals surface area contributed by atoms with Crippen molar-refractivity contribution in [3.05, 3.63) is 0 Å². The van der Waals surface area contributed by atoms with Crippen LogP contribution in [0.1, 0.15) is 12.8 Å². The zero-order valence-electron chi connectivity index (χ0n) is 6.84. The first-order valence-electron chi connectivity index (χ1n) is 4.43.